The maximum atomic E-state index is 12.4. The van der Waals surface area contributed by atoms with Crippen molar-refractivity contribution in [3.63, 3.8) is 0 Å². The summed E-state index contributed by atoms with van der Waals surface area (Å²) in [5, 5.41) is 3.04. The zero-order valence-electron chi connectivity index (χ0n) is 15.8. The Morgan fingerprint density at radius 1 is 0.889 bits per heavy atom. The van der Waals surface area contributed by atoms with Crippen molar-refractivity contribution in [2.75, 3.05) is 6.61 Å². The number of carbonyl (C=O) groups is 1. The van der Waals surface area contributed by atoms with Gasteiger partial charge in [-0.25, -0.2) is 13.1 Å². The van der Waals surface area contributed by atoms with Crippen LogP contribution in [0, 0.1) is 0 Å². The SMILES string of the molecule is O=C(COc1ccc(S(=O)(=O)NC2CCCC2)cc1)NC1CCCCCC1. The number of benzene rings is 1. The third-order valence-corrected chi connectivity index (χ3v) is 6.94. The van der Waals surface area contributed by atoms with Crippen molar-refractivity contribution in [3.8, 4) is 5.75 Å². The number of carbonyl (C=O) groups excluding carboxylic acids is 1. The molecule has 1 amide bonds. The first-order valence-electron chi connectivity index (χ1n) is 10.1. The quantitative estimate of drug-likeness (QED) is 0.696. The molecule has 2 aliphatic carbocycles. The Hall–Kier alpha value is -1.60. The smallest absolute Gasteiger partial charge is 0.258 e. The summed E-state index contributed by atoms with van der Waals surface area (Å²) in [5.41, 5.74) is 0. The van der Waals surface area contributed by atoms with Gasteiger partial charge in [0.05, 0.1) is 4.90 Å². The van der Waals surface area contributed by atoms with Gasteiger partial charge in [-0.1, -0.05) is 38.5 Å². The minimum Gasteiger partial charge on any atom is -0.484 e. The number of hydrogen-bond donors (Lipinski definition) is 2. The van der Waals surface area contributed by atoms with E-state index in [-0.39, 0.29) is 29.5 Å². The molecule has 0 aliphatic heterocycles. The van der Waals surface area contributed by atoms with E-state index in [0.29, 0.717) is 5.75 Å². The molecule has 2 aliphatic rings. The Bertz CT molecular complexity index is 704. The summed E-state index contributed by atoms with van der Waals surface area (Å²) in [6, 6.07) is 6.53. The second kappa shape index (κ2) is 9.55. The lowest BCUT2D eigenvalue weighted by atomic mass is 10.1. The van der Waals surface area contributed by atoms with E-state index in [1.165, 1.54) is 25.0 Å². The predicted molar refractivity (Wildman–Crippen MR) is 104 cm³/mol. The number of hydrogen-bond acceptors (Lipinski definition) is 4. The normalized spacial score (nSPS) is 19.6. The molecule has 2 saturated carbocycles. The molecule has 0 radical (unpaired) electrons. The number of amides is 1. The van der Waals surface area contributed by atoms with E-state index in [1.807, 2.05) is 0 Å². The zero-order valence-corrected chi connectivity index (χ0v) is 16.6. The highest BCUT2D eigenvalue weighted by atomic mass is 32.2. The Morgan fingerprint density at radius 3 is 2.07 bits per heavy atom. The van der Waals surface area contributed by atoms with Gasteiger partial charge in [-0.15, -0.1) is 0 Å². The van der Waals surface area contributed by atoms with Crippen molar-refractivity contribution in [1.29, 1.82) is 0 Å². The molecule has 0 saturated heterocycles. The minimum absolute atomic E-state index is 0.0404. The highest BCUT2D eigenvalue weighted by Gasteiger charge is 2.23. The van der Waals surface area contributed by atoms with E-state index in [1.54, 1.807) is 12.1 Å². The van der Waals surface area contributed by atoms with E-state index < -0.39 is 10.0 Å². The number of nitrogens with one attached hydrogen (secondary N) is 2. The van der Waals surface area contributed by atoms with E-state index in [2.05, 4.69) is 10.0 Å². The molecule has 150 valence electrons. The van der Waals surface area contributed by atoms with Crippen LogP contribution in [-0.2, 0) is 14.8 Å². The monoisotopic (exact) mass is 394 g/mol. The van der Waals surface area contributed by atoms with Crippen LogP contribution in [0.15, 0.2) is 29.2 Å². The molecule has 6 nitrogen and oxygen atoms in total. The Balaban J connectivity index is 1.47. The lowest BCUT2D eigenvalue weighted by molar-refractivity contribution is -0.123. The van der Waals surface area contributed by atoms with E-state index in [9.17, 15) is 13.2 Å². The molecule has 0 aromatic heterocycles. The molecule has 0 bridgehead atoms. The minimum atomic E-state index is -3.50. The molecular formula is C20H30N2O4S. The van der Waals surface area contributed by atoms with Gasteiger partial charge in [-0.05, 0) is 49.9 Å². The first-order chi connectivity index (χ1) is 13.0. The number of rotatable bonds is 7. The molecule has 7 heteroatoms. The van der Waals surface area contributed by atoms with Crippen molar-refractivity contribution in [3.05, 3.63) is 24.3 Å². The third-order valence-electron chi connectivity index (χ3n) is 5.40. The van der Waals surface area contributed by atoms with Crippen molar-refractivity contribution in [2.24, 2.45) is 0 Å². The van der Waals surface area contributed by atoms with Gasteiger partial charge in [0.15, 0.2) is 6.61 Å². The summed E-state index contributed by atoms with van der Waals surface area (Å²) in [4.78, 5) is 12.3. The zero-order chi connectivity index (χ0) is 19.1. The predicted octanol–water partition coefficient (Wildman–Crippen LogP) is 3.13. The van der Waals surface area contributed by atoms with Crippen molar-refractivity contribution < 1.29 is 17.9 Å². The highest BCUT2D eigenvalue weighted by molar-refractivity contribution is 7.89. The van der Waals surface area contributed by atoms with Gasteiger partial charge in [0.1, 0.15) is 5.75 Å². The van der Waals surface area contributed by atoms with Crippen LogP contribution in [0.1, 0.15) is 64.2 Å². The fourth-order valence-corrected chi connectivity index (χ4v) is 5.19. The van der Waals surface area contributed by atoms with Gasteiger partial charge >= 0.3 is 0 Å². The van der Waals surface area contributed by atoms with Gasteiger partial charge < -0.3 is 10.1 Å². The third kappa shape index (κ3) is 6.21. The van der Waals surface area contributed by atoms with Crippen molar-refractivity contribution in [1.82, 2.24) is 10.0 Å². The topological polar surface area (TPSA) is 84.5 Å². The molecule has 0 heterocycles. The van der Waals surface area contributed by atoms with E-state index in [0.717, 1.165) is 51.4 Å². The molecule has 0 unspecified atom stereocenters. The van der Waals surface area contributed by atoms with Crippen molar-refractivity contribution >= 4 is 15.9 Å². The number of sulfonamides is 1. The van der Waals surface area contributed by atoms with Crippen LogP contribution in [0.2, 0.25) is 0 Å². The molecule has 0 spiro atoms. The summed E-state index contributed by atoms with van der Waals surface area (Å²) in [5.74, 6) is 0.368. The standard InChI is InChI=1S/C20H30N2O4S/c23-20(21-16-7-3-1-2-4-8-16)15-26-18-11-13-19(14-12-18)27(24,25)22-17-9-5-6-10-17/h11-14,16-17,22H,1-10,15H2,(H,21,23). The van der Waals surface area contributed by atoms with Gasteiger partial charge in [-0.3, -0.25) is 4.79 Å². The maximum Gasteiger partial charge on any atom is 0.258 e. The first-order valence-corrected chi connectivity index (χ1v) is 11.6. The summed E-state index contributed by atoms with van der Waals surface area (Å²) in [7, 11) is -3.50. The van der Waals surface area contributed by atoms with Crippen molar-refractivity contribution in [2.45, 2.75) is 81.2 Å². The molecule has 2 fully saturated rings. The first kappa shape index (κ1) is 20.1. The average molecular weight is 395 g/mol. The Labute approximate surface area is 162 Å². The van der Waals surface area contributed by atoms with Crippen LogP contribution in [0.3, 0.4) is 0 Å². The lowest BCUT2D eigenvalue weighted by Gasteiger charge is -2.16. The largest absolute Gasteiger partial charge is 0.484 e. The summed E-state index contributed by atoms with van der Waals surface area (Å²) < 4.78 is 33.1. The molecule has 1 aromatic rings. The maximum absolute atomic E-state index is 12.4. The number of ether oxygens (including phenoxy) is 1. The summed E-state index contributed by atoms with van der Waals surface area (Å²) in [6.07, 6.45) is 10.8. The molecule has 27 heavy (non-hydrogen) atoms. The van der Waals surface area contributed by atoms with E-state index >= 15 is 0 Å². The van der Waals surface area contributed by atoms with Crippen LogP contribution >= 0.6 is 0 Å². The van der Waals surface area contributed by atoms with Gasteiger partial charge in [0.2, 0.25) is 10.0 Å². The van der Waals surface area contributed by atoms with Crippen LogP contribution in [0.5, 0.6) is 5.75 Å². The summed E-state index contributed by atoms with van der Waals surface area (Å²) >= 11 is 0. The molecule has 1 aromatic carbocycles. The van der Waals surface area contributed by atoms with Gasteiger partial charge in [-0.2, -0.15) is 0 Å². The average Bonchev–Trinajstić information content (AvgIpc) is 3.01. The molecular weight excluding hydrogens is 364 g/mol. The Morgan fingerprint density at radius 2 is 1.44 bits per heavy atom. The summed E-state index contributed by atoms with van der Waals surface area (Å²) in [6.45, 7) is -0.0527. The van der Waals surface area contributed by atoms with Crippen LogP contribution in [0.25, 0.3) is 0 Å². The lowest BCUT2D eigenvalue weighted by Crippen LogP contribution is -2.37. The van der Waals surface area contributed by atoms with Gasteiger partial charge in [0, 0.05) is 12.1 Å². The fraction of sp³-hybridized carbons (Fsp3) is 0.650. The van der Waals surface area contributed by atoms with Crippen LogP contribution in [-0.4, -0.2) is 33.0 Å². The van der Waals surface area contributed by atoms with E-state index in [4.69, 9.17) is 4.74 Å². The highest BCUT2D eigenvalue weighted by Crippen LogP contribution is 2.22. The second-order valence-electron chi connectivity index (χ2n) is 7.62. The van der Waals surface area contributed by atoms with Crippen LogP contribution < -0.4 is 14.8 Å². The second-order valence-corrected chi connectivity index (χ2v) is 9.33. The van der Waals surface area contributed by atoms with Crippen LogP contribution in [0.4, 0.5) is 0 Å². The molecule has 3 rings (SSSR count). The molecule has 2 N–H and O–H groups in total. The fourth-order valence-electron chi connectivity index (χ4n) is 3.89. The Kier molecular flexibility index (Phi) is 7.13. The van der Waals surface area contributed by atoms with Gasteiger partial charge in [0.25, 0.3) is 5.91 Å². The molecule has 0 atom stereocenters.